The van der Waals surface area contributed by atoms with Gasteiger partial charge in [0.1, 0.15) is 0 Å². The lowest BCUT2D eigenvalue weighted by Gasteiger charge is -2.10. The molecule has 0 radical (unpaired) electrons. The van der Waals surface area contributed by atoms with Crippen molar-refractivity contribution < 1.29 is 0 Å². The second-order valence-electron chi connectivity index (χ2n) is 3.44. The van der Waals surface area contributed by atoms with Gasteiger partial charge in [-0.15, -0.1) is 12.6 Å². The van der Waals surface area contributed by atoms with Crippen molar-refractivity contribution >= 4 is 12.6 Å². The van der Waals surface area contributed by atoms with Crippen LogP contribution in [0.15, 0.2) is 21.6 Å². The van der Waals surface area contributed by atoms with Gasteiger partial charge in [0.05, 0.1) is 0 Å². The summed E-state index contributed by atoms with van der Waals surface area (Å²) >= 11 is 4.41. The summed E-state index contributed by atoms with van der Waals surface area (Å²) in [5, 5.41) is 0. The van der Waals surface area contributed by atoms with Crippen LogP contribution in [0.3, 0.4) is 0 Å². The molecule has 0 amide bonds. The summed E-state index contributed by atoms with van der Waals surface area (Å²) in [5.41, 5.74) is 4.22. The monoisotopic (exact) mass is 184 g/mol. The second kappa shape index (κ2) is 5.47. The van der Waals surface area contributed by atoms with Gasteiger partial charge in [0.15, 0.2) is 0 Å². The van der Waals surface area contributed by atoms with Gasteiger partial charge in [0.2, 0.25) is 0 Å². The molecule has 0 nitrogen and oxygen atoms in total. The first-order chi connectivity index (χ1) is 5.50. The number of hydrogen-bond donors (Lipinski definition) is 1. The third kappa shape index (κ3) is 3.48. The Balaban J connectivity index is 4.79. The minimum atomic E-state index is 1.15. The molecule has 12 heavy (non-hydrogen) atoms. The summed E-state index contributed by atoms with van der Waals surface area (Å²) in [4.78, 5) is 1.16. The first kappa shape index (κ1) is 11.8. The van der Waals surface area contributed by atoms with E-state index >= 15 is 0 Å². The summed E-state index contributed by atoms with van der Waals surface area (Å²) in [5.74, 6) is 0. The molecule has 0 saturated carbocycles. The first-order valence-corrected chi connectivity index (χ1v) is 4.98. The van der Waals surface area contributed by atoms with Gasteiger partial charge >= 0.3 is 0 Å². The molecule has 0 fully saturated rings. The molecule has 0 N–H and O–H groups in total. The Morgan fingerprint density at radius 2 is 1.58 bits per heavy atom. The lowest BCUT2D eigenvalue weighted by Crippen LogP contribution is -1.90. The summed E-state index contributed by atoms with van der Waals surface area (Å²) in [7, 11) is 0. The lowest BCUT2D eigenvalue weighted by atomic mass is 9.99. The fourth-order valence-electron chi connectivity index (χ4n) is 1.19. The maximum Gasteiger partial charge on any atom is -0.0181 e. The van der Waals surface area contributed by atoms with E-state index in [1.54, 1.807) is 0 Å². The van der Waals surface area contributed by atoms with Crippen LogP contribution >= 0.6 is 12.6 Å². The van der Waals surface area contributed by atoms with Gasteiger partial charge < -0.3 is 0 Å². The molecule has 0 aromatic heterocycles. The van der Waals surface area contributed by atoms with Crippen LogP contribution < -0.4 is 0 Å². The van der Waals surface area contributed by atoms with Gasteiger partial charge in [-0.2, -0.15) is 0 Å². The van der Waals surface area contributed by atoms with Crippen LogP contribution in [-0.2, 0) is 0 Å². The van der Waals surface area contributed by atoms with E-state index in [0.717, 1.165) is 11.3 Å². The van der Waals surface area contributed by atoms with E-state index < -0.39 is 0 Å². The summed E-state index contributed by atoms with van der Waals surface area (Å²) in [6.45, 7) is 10.8. The third-order valence-electron chi connectivity index (χ3n) is 2.14. The molecule has 0 rings (SSSR count). The van der Waals surface area contributed by atoms with E-state index in [1.807, 2.05) is 0 Å². The van der Waals surface area contributed by atoms with Crippen LogP contribution in [-0.4, -0.2) is 0 Å². The molecule has 0 atom stereocenters. The van der Waals surface area contributed by atoms with Crippen molar-refractivity contribution in [2.75, 3.05) is 0 Å². The predicted molar refractivity (Wildman–Crippen MR) is 60.6 cm³/mol. The molecule has 0 aliphatic rings. The van der Waals surface area contributed by atoms with E-state index in [0.29, 0.717) is 0 Å². The predicted octanol–water partition coefficient (Wildman–Crippen LogP) is 4.35. The summed E-state index contributed by atoms with van der Waals surface area (Å²) in [6.07, 6.45) is 2.34. The zero-order valence-corrected chi connectivity index (χ0v) is 9.76. The van der Waals surface area contributed by atoms with Gasteiger partial charge in [0.25, 0.3) is 0 Å². The van der Waals surface area contributed by atoms with Crippen molar-refractivity contribution in [3.05, 3.63) is 21.6 Å². The van der Waals surface area contributed by atoms with Gasteiger partial charge in [0, 0.05) is 0 Å². The molecular formula is C11H20S. The van der Waals surface area contributed by atoms with Crippen LogP contribution in [0.1, 0.15) is 47.5 Å². The highest BCUT2D eigenvalue weighted by atomic mass is 32.1. The average molecular weight is 184 g/mol. The molecule has 0 unspecified atom stereocenters. The van der Waals surface area contributed by atoms with Crippen LogP contribution in [0.4, 0.5) is 0 Å². The topological polar surface area (TPSA) is 0 Å². The van der Waals surface area contributed by atoms with Crippen LogP contribution in [0.25, 0.3) is 0 Å². The molecule has 70 valence electrons. The van der Waals surface area contributed by atoms with Gasteiger partial charge in [-0.3, -0.25) is 0 Å². The van der Waals surface area contributed by atoms with Gasteiger partial charge in [-0.1, -0.05) is 18.9 Å². The van der Waals surface area contributed by atoms with Crippen molar-refractivity contribution in [2.24, 2.45) is 0 Å². The number of allylic oxidation sites excluding steroid dienone is 4. The highest BCUT2D eigenvalue weighted by molar-refractivity contribution is 7.84. The SMILES string of the molecule is CCC/C(C(C)=C(C)C)=C(\C)S. The Kier molecular flexibility index (Phi) is 5.39. The Bertz CT molecular complexity index is 201. The van der Waals surface area contributed by atoms with E-state index in [-0.39, 0.29) is 0 Å². The maximum absolute atomic E-state index is 4.41. The normalized spacial score (nSPS) is 12.5. The molecule has 0 spiro atoms. The van der Waals surface area contributed by atoms with Crippen LogP contribution in [0.2, 0.25) is 0 Å². The molecular weight excluding hydrogens is 164 g/mol. The molecule has 0 aromatic rings. The van der Waals surface area contributed by atoms with Gasteiger partial charge in [-0.05, 0) is 50.2 Å². The van der Waals surface area contributed by atoms with E-state index in [9.17, 15) is 0 Å². The summed E-state index contributed by atoms with van der Waals surface area (Å²) < 4.78 is 0. The number of thiol groups is 1. The molecule has 0 bridgehead atoms. The van der Waals surface area contributed by atoms with Gasteiger partial charge in [-0.25, -0.2) is 0 Å². The molecule has 0 aliphatic carbocycles. The Labute approximate surface area is 82.2 Å². The van der Waals surface area contributed by atoms with Crippen LogP contribution in [0, 0.1) is 0 Å². The molecule has 0 saturated heterocycles. The Hall–Kier alpha value is -0.170. The highest BCUT2D eigenvalue weighted by Crippen LogP contribution is 2.24. The quantitative estimate of drug-likeness (QED) is 0.489. The van der Waals surface area contributed by atoms with E-state index in [4.69, 9.17) is 0 Å². The fraction of sp³-hybridized carbons (Fsp3) is 0.636. The smallest absolute Gasteiger partial charge is 0.0181 e. The maximum atomic E-state index is 4.41. The zero-order valence-electron chi connectivity index (χ0n) is 8.86. The van der Waals surface area contributed by atoms with Crippen molar-refractivity contribution in [3.63, 3.8) is 0 Å². The third-order valence-corrected chi connectivity index (χ3v) is 2.41. The Morgan fingerprint density at radius 1 is 1.08 bits per heavy atom. The fourth-order valence-corrected chi connectivity index (χ4v) is 1.47. The largest absolute Gasteiger partial charge is 0.148 e. The first-order valence-electron chi connectivity index (χ1n) is 4.53. The zero-order chi connectivity index (χ0) is 9.72. The minimum absolute atomic E-state index is 1.15. The number of hydrogen-bond acceptors (Lipinski definition) is 1. The van der Waals surface area contributed by atoms with Crippen molar-refractivity contribution in [3.8, 4) is 0 Å². The molecule has 0 heterocycles. The number of rotatable bonds is 3. The average Bonchev–Trinajstić information content (AvgIpc) is 1.98. The molecule has 0 aromatic carbocycles. The van der Waals surface area contributed by atoms with Crippen molar-refractivity contribution in [1.29, 1.82) is 0 Å². The second-order valence-corrected chi connectivity index (χ2v) is 4.11. The Morgan fingerprint density at radius 3 is 1.83 bits per heavy atom. The minimum Gasteiger partial charge on any atom is -0.148 e. The van der Waals surface area contributed by atoms with E-state index in [1.165, 1.54) is 23.1 Å². The summed E-state index contributed by atoms with van der Waals surface area (Å²) in [6, 6.07) is 0. The molecule has 1 heteroatoms. The van der Waals surface area contributed by atoms with E-state index in [2.05, 4.69) is 47.2 Å². The lowest BCUT2D eigenvalue weighted by molar-refractivity contribution is 0.902. The highest BCUT2D eigenvalue weighted by Gasteiger charge is 2.02. The van der Waals surface area contributed by atoms with Crippen LogP contribution in [0.5, 0.6) is 0 Å². The standard InChI is InChI=1S/C11H20S/c1-6-7-11(10(5)12)9(4)8(2)3/h12H,6-7H2,1-5H3/b11-10-. The molecule has 0 aliphatic heterocycles. The van der Waals surface area contributed by atoms with Crippen molar-refractivity contribution in [2.45, 2.75) is 47.5 Å². The van der Waals surface area contributed by atoms with Crippen molar-refractivity contribution in [1.82, 2.24) is 0 Å².